The number of thiophene rings is 1. The smallest absolute Gasteiger partial charge is 0.236 e. The summed E-state index contributed by atoms with van der Waals surface area (Å²) in [5.41, 5.74) is 0.921. The standard InChI is InChI=1S/C20H15F2N5OS3/c21-13-6-3-11(8-14(13)22)15-9-30-19(23-15)24-17(28)10-31-20-26-25-18(16-2-1-7-29-16)27(20)12-4-5-12/h1-3,6-9,12H,4-5,10H2,(H,23,24,28). The number of benzene rings is 1. The molecule has 3 heterocycles. The lowest BCUT2D eigenvalue weighted by atomic mass is 10.2. The number of amides is 1. The fourth-order valence-electron chi connectivity index (χ4n) is 3.02. The third-order valence-electron chi connectivity index (χ3n) is 4.62. The molecule has 1 saturated carbocycles. The molecular formula is C20H15F2N5OS3. The Kier molecular flexibility index (Phi) is 5.55. The second kappa shape index (κ2) is 8.48. The molecule has 3 aromatic heterocycles. The molecule has 5 rings (SSSR count). The van der Waals surface area contributed by atoms with Gasteiger partial charge < -0.3 is 5.32 Å². The predicted octanol–water partition coefficient (Wildman–Crippen LogP) is 5.47. The van der Waals surface area contributed by atoms with Crippen molar-refractivity contribution < 1.29 is 13.6 Å². The Labute approximate surface area is 188 Å². The summed E-state index contributed by atoms with van der Waals surface area (Å²) >= 11 is 4.17. The molecule has 11 heteroatoms. The predicted molar refractivity (Wildman–Crippen MR) is 118 cm³/mol. The van der Waals surface area contributed by atoms with Crippen molar-refractivity contribution in [3.8, 4) is 22.0 Å². The van der Waals surface area contributed by atoms with Crippen LogP contribution >= 0.6 is 34.4 Å². The van der Waals surface area contributed by atoms with Crippen molar-refractivity contribution in [2.24, 2.45) is 0 Å². The van der Waals surface area contributed by atoms with Gasteiger partial charge in [-0.3, -0.25) is 9.36 Å². The topological polar surface area (TPSA) is 72.7 Å². The highest BCUT2D eigenvalue weighted by Gasteiger charge is 2.30. The van der Waals surface area contributed by atoms with Crippen LogP contribution in [0.4, 0.5) is 13.9 Å². The van der Waals surface area contributed by atoms with Crippen molar-refractivity contribution in [3.63, 3.8) is 0 Å². The van der Waals surface area contributed by atoms with E-state index < -0.39 is 11.6 Å². The Morgan fingerprint density at radius 3 is 2.81 bits per heavy atom. The zero-order chi connectivity index (χ0) is 21.4. The Morgan fingerprint density at radius 2 is 2.06 bits per heavy atom. The Bertz CT molecular complexity index is 1230. The molecule has 1 N–H and O–H groups in total. The number of carbonyl (C=O) groups excluding carboxylic acids is 1. The minimum absolute atomic E-state index is 0.162. The zero-order valence-corrected chi connectivity index (χ0v) is 18.4. The Balaban J connectivity index is 1.24. The zero-order valence-electron chi connectivity index (χ0n) is 15.9. The van der Waals surface area contributed by atoms with E-state index >= 15 is 0 Å². The van der Waals surface area contributed by atoms with E-state index in [1.807, 2.05) is 17.5 Å². The SMILES string of the molecule is O=C(CSc1nnc(-c2cccs2)n1C1CC1)Nc1nc(-c2ccc(F)c(F)c2)cs1. The normalized spacial score (nSPS) is 13.5. The van der Waals surface area contributed by atoms with Crippen LogP contribution in [0.25, 0.3) is 22.0 Å². The number of hydrogen-bond acceptors (Lipinski definition) is 7. The van der Waals surface area contributed by atoms with Gasteiger partial charge in [-0.05, 0) is 42.5 Å². The number of anilines is 1. The maximum absolute atomic E-state index is 13.4. The first-order chi connectivity index (χ1) is 15.1. The molecule has 1 aromatic carbocycles. The molecule has 0 radical (unpaired) electrons. The van der Waals surface area contributed by atoms with Crippen molar-refractivity contribution in [1.82, 2.24) is 19.7 Å². The van der Waals surface area contributed by atoms with Gasteiger partial charge in [0.1, 0.15) is 0 Å². The highest BCUT2D eigenvalue weighted by atomic mass is 32.2. The Hall–Kier alpha value is -2.63. The van der Waals surface area contributed by atoms with E-state index in [1.54, 1.807) is 16.7 Å². The van der Waals surface area contributed by atoms with Crippen LogP contribution in [0.15, 0.2) is 46.2 Å². The summed E-state index contributed by atoms with van der Waals surface area (Å²) in [4.78, 5) is 17.8. The first kappa shape index (κ1) is 20.3. The number of carbonyl (C=O) groups is 1. The van der Waals surface area contributed by atoms with Crippen molar-refractivity contribution in [2.75, 3.05) is 11.1 Å². The van der Waals surface area contributed by atoms with Gasteiger partial charge in [0, 0.05) is 17.0 Å². The van der Waals surface area contributed by atoms with E-state index in [4.69, 9.17) is 0 Å². The third-order valence-corrected chi connectivity index (χ3v) is 7.18. The molecule has 1 fully saturated rings. The second-order valence-corrected chi connectivity index (χ2v) is 9.64. The molecule has 0 unspecified atom stereocenters. The van der Waals surface area contributed by atoms with Gasteiger partial charge in [0.05, 0.1) is 16.3 Å². The lowest BCUT2D eigenvalue weighted by Gasteiger charge is -2.07. The minimum Gasteiger partial charge on any atom is -0.301 e. The number of hydrogen-bond donors (Lipinski definition) is 1. The first-order valence-electron chi connectivity index (χ1n) is 9.41. The number of nitrogens with one attached hydrogen (secondary N) is 1. The van der Waals surface area contributed by atoms with Crippen LogP contribution < -0.4 is 5.32 Å². The largest absolute Gasteiger partial charge is 0.301 e. The minimum atomic E-state index is -0.936. The van der Waals surface area contributed by atoms with Crippen LogP contribution in [0, 0.1) is 11.6 Å². The highest BCUT2D eigenvalue weighted by Crippen LogP contribution is 2.41. The number of thioether (sulfide) groups is 1. The van der Waals surface area contributed by atoms with Crippen LogP contribution in [-0.2, 0) is 4.79 Å². The number of rotatable bonds is 7. The summed E-state index contributed by atoms with van der Waals surface area (Å²) in [6, 6.07) is 7.97. The van der Waals surface area contributed by atoms with E-state index in [-0.39, 0.29) is 11.7 Å². The lowest BCUT2D eigenvalue weighted by molar-refractivity contribution is -0.113. The fourth-order valence-corrected chi connectivity index (χ4v) is 5.26. The molecule has 0 bridgehead atoms. The van der Waals surface area contributed by atoms with Crippen molar-refractivity contribution in [2.45, 2.75) is 24.0 Å². The van der Waals surface area contributed by atoms with E-state index in [1.165, 1.54) is 29.2 Å². The summed E-state index contributed by atoms with van der Waals surface area (Å²) in [5.74, 6) is -1.06. The summed E-state index contributed by atoms with van der Waals surface area (Å²) in [7, 11) is 0. The molecular weight excluding hydrogens is 460 g/mol. The van der Waals surface area contributed by atoms with E-state index in [0.717, 1.165) is 40.8 Å². The highest BCUT2D eigenvalue weighted by molar-refractivity contribution is 7.99. The van der Waals surface area contributed by atoms with E-state index in [0.29, 0.717) is 22.4 Å². The molecule has 0 spiro atoms. The molecule has 6 nitrogen and oxygen atoms in total. The van der Waals surface area contributed by atoms with Gasteiger partial charge in [-0.1, -0.05) is 17.8 Å². The van der Waals surface area contributed by atoms with Gasteiger partial charge in [0.2, 0.25) is 5.91 Å². The monoisotopic (exact) mass is 475 g/mol. The molecule has 31 heavy (non-hydrogen) atoms. The lowest BCUT2D eigenvalue weighted by Crippen LogP contribution is -2.14. The van der Waals surface area contributed by atoms with Gasteiger partial charge in [0.25, 0.3) is 0 Å². The van der Waals surface area contributed by atoms with Crippen LogP contribution in [0.5, 0.6) is 0 Å². The second-order valence-electron chi connectivity index (χ2n) is 6.89. The van der Waals surface area contributed by atoms with Crippen LogP contribution in [0.2, 0.25) is 0 Å². The summed E-state index contributed by atoms with van der Waals surface area (Å²) in [6.45, 7) is 0. The number of aromatic nitrogens is 4. The number of halogens is 2. The number of thiazole rings is 1. The van der Waals surface area contributed by atoms with Gasteiger partial charge in [-0.2, -0.15) is 0 Å². The average molecular weight is 476 g/mol. The van der Waals surface area contributed by atoms with E-state index in [2.05, 4.69) is 25.1 Å². The van der Waals surface area contributed by atoms with Crippen molar-refractivity contribution >= 4 is 45.5 Å². The van der Waals surface area contributed by atoms with Gasteiger partial charge in [-0.25, -0.2) is 13.8 Å². The maximum Gasteiger partial charge on any atom is 0.236 e. The molecule has 1 aliphatic carbocycles. The fraction of sp³-hybridized carbons (Fsp3) is 0.200. The van der Waals surface area contributed by atoms with Crippen molar-refractivity contribution in [3.05, 3.63) is 52.7 Å². The summed E-state index contributed by atoms with van der Waals surface area (Å²) < 4.78 is 28.7. The first-order valence-corrected chi connectivity index (χ1v) is 12.2. The molecule has 0 saturated heterocycles. The summed E-state index contributed by atoms with van der Waals surface area (Å²) in [5, 5.41) is 16.2. The van der Waals surface area contributed by atoms with Gasteiger partial charge >= 0.3 is 0 Å². The Morgan fingerprint density at radius 1 is 1.19 bits per heavy atom. The molecule has 158 valence electrons. The van der Waals surface area contributed by atoms with Crippen LogP contribution in [0.3, 0.4) is 0 Å². The third kappa shape index (κ3) is 4.39. The van der Waals surface area contributed by atoms with E-state index in [9.17, 15) is 13.6 Å². The molecule has 0 atom stereocenters. The molecule has 0 aliphatic heterocycles. The average Bonchev–Trinajstić information content (AvgIpc) is 3.15. The molecule has 1 aliphatic rings. The van der Waals surface area contributed by atoms with Crippen molar-refractivity contribution in [1.29, 1.82) is 0 Å². The number of nitrogens with zero attached hydrogens (tertiary/aromatic N) is 4. The maximum atomic E-state index is 13.4. The molecule has 1 amide bonds. The quantitative estimate of drug-likeness (QED) is 0.359. The van der Waals surface area contributed by atoms with Crippen LogP contribution in [-0.4, -0.2) is 31.4 Å². The van der Waals surface area contributed by atoms with Crippen LogP contribution in [0.1, 0.15) is 18.9 Å². The van der Waals surface area contributed by atoms with Gasteiger partial charge in [-0.15, -0.1) is 32.9 Å². The van der Waals surface area contributed by atoms with Gasteiger partial charge in [0.15, 0.2) is 27.7 Å². The molecule has 4 aromatic rings. The summed E-state index contributed by atoms with van der Waals surface area (Å²) in [6.07, 6.45) is 2.17.